The number of carbonyl (C=O) groups is 2. The summed E-state index contributed by atoms with van der Waals surface area (Å²) in [5, 5.41) is 10.5. The quantitative estimate of drug-likeness (QED) is 0.334. The van der Waals surface area contributed by atoms with Crippen molar-refractivity contribution in [3.63, 3.8) is 0 Å². The molecule has 6 nitrogen and oxygen atoms in total. The summed E-state index contributed by atoms with van der Waals surface area (Å²) in [6.45, 7) is -0.327. The van der Waals surface area contributed by atoms with Gasteiger partial charge in [-0.05, 0) is 19.8 Å². The first-order valence-corrected chi connectivity index (χ1v) is 6.05. The third kappa shape index (κ3) is 2.91. The number of alkyl halides is 3. The first-order chi connectivity index (χ1) is 9.16. The van der Waals surface area contributed by atoms with E-state index in [2.05, 4.69) is 4.74 Å². The maximum atomic E-state index is 13.1. The largest absolute Gasteiger partial charge is 0.465 e. The minimum absolute atomic E-state index is 0.0853. The molecule has 0 bridgehead atoms. The van der Waals surface area contributed by atoms with E-state index in [0.29, 0.717) is 0 Å². The van der Waals surface area contributed by atoms with Crippen LogP contribution >= 0.6 is 0 Å². The Morgan fingerprint density at radius 1 is 1.55 bits per heavy atom. The zero-order valence-electron chi connectivity index (χ0n) is 10.7. The van der Waals surface area contributed by atoms with E-state index in [1.54, 1.807) is 0 Å². The summed E-state index contributed by atoms with van der Waals surface area (Å²) in [7, 11) is 0. The van der Waals surface area contributed by atoms with Crippen LogP contribution in [0, 0.1) is 21.4 Å². The highest BCUT2D eigenvalue weighted by molar-refractivity contribution is 6.05. The van der Waals surface area contributed by atoms with Crippen LogP contribution in [0.3, 0.4) is 0 Å². The molecule has 9 heteroatoms. The molecule has 0 heterocycles. The standard InChI is InChI=1S/C11H14F3NO5/c1-2-20-9(17)10(5-3-4-8(10)16)7(6-15(18)19)11(12,13)14/h7H,2-6H2,1H3/t7-,10-/m0/s1. The number of hydrogen-bond donors (Lipinski definition) is 0. The van der Waals surface area contributed by atoms with Crippen molar-refractivity contribution in [1.82, 2.24) is 0 Å². The van der Waals surface area contributed by atoms with Gasteiger partial charge in [-0.2, -0.15) is 13.2 Å². The summed E-state index contributed by atoms with van der Waals surface area (Å²) in [5.41, 5.74) is -2.47. The Hall–Kier alpha value is -1.67. The van der Waals surface area contributed by atoms with Crippen LogP contribution in [0.1, 0.15) is 26.2 Å². The lowest BCUT2D eigenvalue weighted by Gasteiger charge is -2.32. The fraction of sp³-hybridized carbons (Fsp3) is 0.818. The van der Waals surface area contributed by atoms with Gasteiger partial charge in [0.25, 0.3) is 0 Å². The second kappa shape index (κ2) is 5.76. The Balaban J connectivity index is 3.29. The second-order valence-corrected chi connectivity index (χ2v) is 4.58. The molecule has 1 aliphatic carbocycles. The average molecular weight is 297 g/mol. The summed E-state index contributed by atoms with van der Waals surface area (Å²) < 4.78 is 43.8. The highest BCUT2D eigenvalue weighted by Crippen LogP contribution is 2.49. The van der Waals surface area contributed by atoms with E-state index in [-0.39, 0.29) is 25.9 Å². The number of ether oxygens (including phenoxy) is 1. The monoisotopic (exact) mass is 297 g/mol. The number of halogens is 3. The lowest BCUT2D eigenvalue weighted by Crippen LogP contribution is -2.52. The van der Waals surface area contributed by atoms with Gasteiger partial charge in [0.15, 0.2) is 5.78 Å². The number of hydrogen-bond acceptors (Lipinski definition) is 5. The van der Waals surface area contributed by atoms with Gasteiger partial charge in [0.1, 0.15) is 11.3 Å². The Morgan fingerprint density at radius 3 is 2.50 bits per heavy atom. The molecule has 0 aromatic rings. The number of ketones is 1. The first-order valence-electron chi connectivity index (χ1n) is 6.05. The van der Waals surface area contributed by atoms with E-state index in [9.17, 15) is 32.9 Å². The van der Waals surface area contributed by atoms with Gasteiger partial charge < -0.3 is 4.74 Å². The lowest BCUT2D eigenvalue weighted by molar-refractivity contribution is -0.501. The fourth-order valence-electron chi connectivity index (χ4n) is 2.56. The zero-order chi connectivity index (χ0) is 15.6. The predicted molar refractivity (Wildman–Crippen MR) is 59.3 cm³/mol. The summed E-state index contributed by atoms with van der Waals surface area (Å²) >= 11 is 0. The molecule has 0 radical (unpaired) electrons. The molecule has 0 aromatic carbocycles. The van der Waals surface area contributed by atoms with E-state index in [4.69, 9.17) is 0 Å². The lowest BCUT2D eigenvalue weighted by atomic mass is 9.72. The topological polar surface area (TPSA) is 86.5 Å². The maximum Gasteiger partial charge on any atom is 0.399 e. The number of esters is 1. The highest BCUT2D eigenvalue weighted by atomic mass is 19.4. The Labute approximate surface area is 112 Å². The summed E-state index contributed by atoms with van der Waals surface area (Å²) in [4.78, 5) is 33.1. The summed E-state index contributed by atoms with van der Waals surface area (Å²) in [6, 6.07) is 0. The van der Waals surface area contributed by atoms with Crippen LogP contribution in [-0.2, 0) is 14.3 Å². The van der Waals surface area contributed by atoms with Gasteiger partial charge in [0, 0.05) is 11.3 Å². The maximum absolute atomic E-state index is 13.1. The molecular weight excluding hydrogens is 283 g/mol. The molecule has 1 saturated carbocycles. The first kappa shape index (κ1) is 16.4. The summed E-state index contributed by atoms with van der Waals surface area (Å²) in [5.74, 6) is -4.90. The second-order valence-electron chi connectivity index (χ2n) is 4.58. The van der Waals surface area contributed by atoms with Crippen LogP contribution < -0.4 is 0 Å². The zero-order valence-corrected chi connectivity index (χ0v) is 10.7. The van der Waals surface area contributed by atoms with Crippen molar-refractivity contribution in [1.29, 1.82) is 0 Å². The molecule has 0 spiro atoms. The van der Waals surface area contributed by atoms with Gasteiger partial charge in [0.05, 0.1) is 6.61 Å². The van der Waals surface area contributed by atoms with Gasteiger partial charge in [-0.3, -0.25) is 19.7 Å². The van der Waals surface area contributed by atoms with Crippen molar-refractivity contribution in [2.24, 2.45) is 11.3 Å². The number of nitro groups is 1. The molecule has 20 heavy (non-hydrogen) atoms. The molecule has 1 fully saturated rings. The highest BCUT2D eigenvalue weighted by Gasteiger charge is 2.65. The molecule has 114 valence electrons. The summed E-state index contributed by atoms with van der Waals surface area (Å²) in [6.07, 6.45) is -5.52. The van der Waals surface area contributed by atoms with Crippen molar-refractivity contribution in [3.8, 4) is 0 Å². The van der Waals surface area contributed by atoms with Gasteiger partial charge in [-0.15, -0.1) is 0 Å². The molecule has 2 atom stereocenters. The van der Waals surface area contributed by atoms with Gasteiger partial charge in [0.2, 0.25) is 6.54 Å². The van der Waals surface area contributed by atoms with Crippen LogP contribution in [0.25, 0.3) is 0 Å². The molecular formula is C11H14F3NO5. The van der Waals surface area contributed by atoms with Crippen molar-refractivity contribution in [3.05, 3.63) is 10.1 Å². The molecule has 0 N–H and O–H groups in total. The SMILES string of the molecule is CCOC(=O)[C@]1([C@H](C[N+](=O)[O-])C(F)(F)F)CCCC1=O. The minimum atomic E-state index is -5.03. The van der Waals surface area contributed by atoms with Crippen LogP contribution in [-0.4, -0.2) is 36.0 Å². The molecule has 1 rings (SSSR count). The third-order valence-corrected chi connectivity index (χ3v) is 3.43. The minimum Gasteiger partial charge on any atom is -0.465 e. The van der Waals surface area contributed by atoms with E-state index < -0.39 is 40.7 Å². The fourth-order valence-corrected chi connectivity index (χ4v) is 2.56. The van der Waals surface area contributed by atoms with E-state index in [0.717, 1.165) is 0 Å². The van der Waals surface area contributed by atoms with Gasteiger partial charge >= 0.3 is 12.1 Å². The van der Waals surface area contributed by atoms with Crippen LogP contribution in [0.2, 0.25) is 0 Å². The molecule has 1 aliphatic rings. The number of nitrogens with zero attached hydrogens (tertiary/aromatic N) is 1. The molecule has 0 aliphatic heterocycles. The smallest absolute Gasteiger partial charge is 0.399 e. The molecule has 0 saturated heterocycles. The Kier molecular flexibility index (Phi) is 4.72. The molecule has 0 unspecified atom stereocenters. The number of rotatable bonds is 5. The van der Waals surface area contributed by atoms with E-state index >= 15 is 0 Å². The average Bonchev–Trinajstić information content (AvgIpc) is 2.67. The normalized spacial score (nSPS) is 24.5. The Bertz CT molecular complexity index is 423. The Morgan fingerprint density at radius 2 is 2.15 bits per heavy atom. The van der Waals surface area contributed by atoms with E-state index in [1.165, 1.54) is 6.92 Å². The van der Waals surface area contributed by atoms with Crippen molar-refractivity contribution in [2.75, 3.05) is 13.2 Å². The number of carbonyl (C=O) groups excluding carboxylic acids is 2. The van der Waals surface area contributed by atoms with Crippen LogP contribution in [0.4, 0.5) is 13.2 Å². The van der Waals surface area contributed by atoms with Crippen LogP contribution in [0.15, 0.2) is 0 Å². The van der Waals surface area contributed by atoms with Crippen molar-refractivity contribution >= 4 is 11.8 Å². The number of Topliss-reactive ketones (excluding diaryl/α,β-unsaturated/α-hetero) is 1. The van der Waals surface area contributed by atoms with Gasteiger partial charge in [-0.1, -0.05) is 0 Å². The predicted octanol–water partition coefficient (Wildman–Crippen LogP) is 1.74. The van der Waals surface area contributed by atoms with E-state index in [1.807, 2.05) is 0 Å². The van der Waals surface area contributed by atoms with Crippen molar-refractivity contribution < 1.29 is 32.4 Å². The van der Waals surface area contributed by atoms with Crippen molar-refractivity contribution in [2.45, 2.75) is 32.4 Å². The van der Waals surface area contributed by atoms with Crippen LogP contribution in [0.5, 0.6) is 0 Å². The molecule has 0 aromatic heterocycles. The molecule has 0 amide bonds. The van der Waals surface area contributed by atoms with Gasteiger partial charge in [-0.25, -0.2) is 0 Å². The third-order valence-electron chi connectivity index (χ3n) is 3.43.